The third-order valence-corrected chi connectivity index (χ3v) is 5.99. The summed E-state index contributed by atoms with van der Waals surface area (Å²) in [6.45, 7) is 9.14. The molecule has 1 aromatic carbocycles. The molecule has 0 aliphatic heterocycles. The van der Waals surface area contributed by atoms with Crippen molar-refractivity contribution in [3.8, 4) is 11.5 Å². The van der Waals surface area contributed by atoms with Gasteiger partial charge in [-0.05, 0) is 50.8 Å². The van der Waals surface area contributed by atoms with Crippen LogP contribution in [0, 0.1) is 0 Å². The maximum atomic E-state index is 12.6. The number of hydrogen-bond donors (Lipinski definition) is 1. The van der Waals surface area contributed by atoms with Gasteiger partial charge in [0.15, 0.2) is 11.5 Å². The fourth-order valence-electron chi connectivity index (χ4n) is 3.25. The average Bonchev–Trinajstić information content (AvgIpc) is 2.91. The summed E-state index contributed by atoms with van der Waals surface area (Å²) in [6, 6.07) is 4.30. The number of rotatable bonds is 16. The molecule has 226 valence electrons. The van der Waals surface area contributed by atoms with Crippen LogP contribution in [0.3, 0.4) is 0 Å². The lowest BCUT2D eigenvalue weighted by Crippen LogP contribution is -2.51. The van der Waals surface area contributed by atoms with Crippen LogP contribution in [-0.4, -0.2) is 62.5 Å². The number of carbonyl (C=O) groups excluding carboxylic acids is 4. The van der Waals surface area contributed by atoms with Crippen LogP contribution in [0.5, 0.6) is 11.5 Å². The molecule has 0 spiro atoms. The maximum Gasteiger partial charge on any atom is 0.514 e. The lowest BCUT2D eigenvalue weighted by Gasteiger charge is -2.26. The summed E-state index contributed by atoms with van der Waals surface area (Å²) in [5.74, 6) is -0.998. The van der Waals surface area contributed by atoms with Crippen molar-refractivity contribution in [3.05, 3.63) is 23.8 Å². The van der Waals surface area contributed by atoms with Crippen LogP contribution in [0.4, 0.5) is 14.4 Å². The first-order valence-electron chi connectivity index (χ1n) is 13.5. The molecule has 0 saturated carbocycles. The minimum atomic E-state index is -1.61. The third kappa shape index (κ3) is 12.5. The van der Waals surface area contributed by atoms with Crippen LogP contribution < -0.4 is 15.2 Å². The van der Waals surface area contributed by atoms with Crippen molar-refractivity contribution in [1.82, 2.24) is 0 Å². The Morgan fingerprint density at radius 3 is 1.95 bits per heavy atom. The van der Waals surface area contributed by atoms with E-state index in [1.54, 1.807) is 13.8 Å². The van der Waals surface area contributed by atoms with E-state index in [1.165, 1.54) is 25.3 Å². The summed E-state index contributed by atoms with van der Waals surface area (Å²) in [4.78, 5) is 49.0. The van der Waals surface area contributed by atoms with Crippen molar-refractivity contribution in [1.29, 1.82) is 0 Å². The molecule has 0 aromatic heterocycles. The average molecular weight is 570 g/mol. The predicted molar refractivity (Wildman–Crippen MR) is 144 cm³/mol. The summed E-state index contributed by atoms with van der Waals surface area (Å²) in [6.07, 6.45) is -0.0757. The Balaban J connectivity index is 3.09. The van der Waals surface area contributed by atoms with Crippen LogP contribution >= 0.6 is 0 Å². The Labute approximate surface area is 235 Å². The molecule has 0 amide bonds. The minimum absolute atomic E-state index is 0.0878. The summed E-state index contributed by atoms with van der Waals surface area (Å²) in [5, 5.41) is 0. The van der Waals surface area contributed by atoms with E-state index in [0.717, 1.165) is 19.3 Å². The summed E-state index contributed by atoms with van der Waals surface area (Å²) in [7, 11) is 1.19. The van der Waals surface area contributed by atoms with Gasteiger partial charge in [-0.25, -0.2) is 14.4 Å². The van der Waals surface area contributed by atoms with Crippen molar-refractivity contribution in [3.63, 3.8) is 0 Å². The van der Waals surface area contributed by atoms with Crippen molar-refractivity contribution in [2.45, 2.75) is 97.3 Å². The molecule has 0 aliphatic carbocycles. The molecule has 12 heteroatoms. The van der Waals surface area contributed by atoms with Gasteiger partial charge in [-0.2, -0.15) is 0 Å². The number of carbonyl (C=O) groups is 4. The van der Waals surface area contributed by atoms with E-state index in [9.17, 15) is 19.2 Å². The molecular formula is C28H43NO11. The first-order chi connectivity index (χ1) is 19.0. The molecule has 0 bridgehead atoms. The quantitative estimate of drug-likeness (QED) is 0.116. The number of methoxy groups -OCH3 is 1. The van der Waals surface area contributed by atoms with Gasteiger partial charge in [-0.1, -0.05) is 39.7 Å². The molecule has 12 nitrogen and oxygen atoms in total. The summed E-state index contributed by atoms with van der Waals surface area (Å²) >= 11 is 0. The molecule has 0 fully saturated rings. The van der Waals surface area contributed by atoms with Gasteiger partial charge in [-0.15, -0.1) is 0 Å². The van der Waals surface area contributed by atoms with Crippen molar-refractivity contribution < 1.29 is 52.3 Å². The van der Waals surface area contributed by atoms with Crippen molar-refractivity contribution in [2.24, 2.45) is 5.73 Å². The Bertz CT molecular complexity index is 968. The second kappa shape index (κ2) is 17.9. The number of ether oxygens (including phenoxy) is 7. The van der Waals surface area contributed by atoms with Gasteiger partial charge in [0.25, 0.3) is 0 Å². The topological polar surface area (TPSA) is 159 Å². The number of nitrogens with two attached hydrogens (primary N) is 1. The van der Waals surface area contributed by atoms with E-state index < -0.39 is 36.1 Å². The molecule has 2 N–H and O–H groups in total. The molecule has 3 atom stereocenters. The van der Waals surface area contributed by atoms with E-state index >= 15 is 0 Å². The molecule has 1 unspecified atom stereocenters. The fraction of sp³-hybridized carbons (Fsp3) is 0.643. The smallest absolute Gasteiger partial charge is 0.468 e. The van der Waals surface area contributed by atoms with E-state index in [-0.39, 0.29) is 43.7 Å². The lowest BCUT2D eigenvalue weighted by atomic mass is 9.88. The van der Waals surface area contributed by atoms with Crippen LogP contribution in [0.2, 0.25) is 0 Å². The molecule has 0 saturated heterocycles. The Hall–Kier alpha value is -3.54. The van der Waals surface area contributed by atoms with E-state index in [4.69, 9.17) is 38.9 Å². The summed E-state index contributed by atoms with van der Waals surface area (Å²) in [5.41, 5.74) is 5.22. The first kappa shape index (κ1) is 34.5. The monoisotopic (exact) mass is 569 g/mol. The Kier molecular flexibility index (Phi) is 15.5. The van der Waals surface area contributed by atoms with Gasteiger partial charge in [0.05, 0.1) is 20.3 Å². The molecule has 0 heterocycles. The highest BCUT2D eigenvalue weighted by atomic mass is 16.8. The second-order valence-electron chi connectivity index (χ2n) is 9.39. The van der Waals surface area contributed by atoms with Crippen molar-refractivity contribution in [2.75, 3.05) is 20.3 Å². The first-order valence-corrected chi connectivity index (χ1v) is 13.5. The number of esters is 1. The molecule has 0 aliphatic rings. The number of benzene rings is 1. The van der Waals surface area contributed by atoms with Crippen LogP contribution in [0.15, 0.2) is 18.2 Å². The second-order valence-corrected chi connectivity index (χ2v) is 9.39. The maximum absolute atomic E-state index is 12.6. The molecule has 1 rings (SSSR count). The third-order valence-electron chi connectivity index (χ3n) is 5.99. The van der Waals surface area contributed by atoms with Crippen molar-refractivity contribution >= 4 is 24.4 Å². The number of unbranched alkanes of at least 4 members (excludes halogenated alkanes) is 2. The standard InChI is InChI=1S/C28H43NO11/c1-7-10-11-15-35-25(31)36-16-14-28(29,24(30)34-6)18-21-12-13-22(39-26(32)37-19(4)8-2)23(17-21)40-27(33)38-20(5)9-3/h12-13,17,19-20H,7-11,14-16,18,29H2,1-6H3/t19-,20?,28+/m0/s1. The lowest BCUT2D eigenvalue weighted by molar-refractivity contribution is -0.147. The van der Waals surface area contributed by atoms with Gasteiger partial charge in [-0.3, -0.25) is 4.79 Å². The Morgan fingerprint density at radius 2 is 1.40 bits per heavy atom. The van der Waals surface area contributed by atoms with Crippen LogP contribution in [-0.2, 0) is 34.9 Å². The van der Waals surface area contributed by atoms with E-state index in [0.29, 0.717) is 18.4 Å². The van der Waals surface area contributed by atoms with Gasteiger partial charge >= 0.3 is 24.4 Å². The molecule has 1 aromatic rings. The van der Waals surface area contributed by atoms with Gasteiger partial charge < -0.3 is 38.9 Å². The minimum Gasteiger partial charge on any atom is -0.468 e. The molecule has 40 heavy (non-hydrogen) atoms. The fourth-order valence-corrected chi connectivity index (χ4v) is 3.25. The highest BCUT2D eigenvalue weighted by Crippen LogP contribution is 2.31. The van der Waals surface area contributed by atoms with E-state index in [1.807, 2.05) is 20.8 Å². The van der Waals surface area contributed by atoms with E-state index in [2.05, 4.69) is 0 Å². The highest BCUT2D eigenvalue weighted by molar-refractivity contribution is 5.81. The van der Waals surface area contributed by atoms with Crippen LogP contribution in [0.1, 0.15) is 78.7 Å². The van der Waals surface area contributed by atoms with Gasteiger partial charge in [0.1, 0.15) is 17.7 Å². The van der Waals surface area contributed by atoms with Gasteiger partial charge in [0.2, 0.25) is 0 Å². The summed E-state index contributed by atoms with van der Waals surface area (Å²) < 4.78 is 35.8. The normalized spacial score (nSPS) is 13.7. The SMILES string of the molecule is CCCCCOC(=O)OCC[C@@](N)(Cc1ccc(OC(=O)O[C@@H](C)CC)c(OC(=O)OC(C)CC)c1)C(=O)OC. The zero-order valence-electron chi connectivity index (χ0n) is 24.3. The highest BCUT2D eigenvalue weighted by Gasteiger charge is 2.36. The van der Waals surface area contributed by atoms with Gasteiger partial charge in [0, 0.05) is 12.8 Å². The largest absolute Gasteiger partial charge is 0.514 e. The number of hydrogen-bond acceptors (Lipinski definition) is 12. The zero-order valence-corrected chi connectivity index (χ0v) is 24.3. The zero-order chi connectivity index (χ0) is 30.1. The molecule has 0 radical (unpaired) electrons. The van der Waals surface area contributed by atoms with Crippen LogP contribution in [0.25, 0.3) is 0 Å². The molecular weight excluding hydrogens is 526 g/mol. The predicted octanol–water partition coefficient (Wildman–Crippen LogP) is 5.46. The Morgan fingerprint density at radius 1 is 0.825 bits per heavy atom.